The van der Waals surface area contributed by atoms with Crippen molar-refractivity contribution in [3.05, 3.63) is 71.4 Å². The van der Waals surface area contributed by atoms with Gasteiger partial charge in [0.1, 0.15) is 12.4 Å². The number of aryl methyl sites for hydroxylation is 1. The molecule has 1 fully saturated rings. The van der Waals surface area contributed by atoms with Crippen LogP contribution in [0, 0.1) is 24.7 Å². The summed E-state index contributed by atoms with van der Waals surface area (Å²) in [4.78, 5) is 31.5. The van der Waals surface area contributed by atoms with Crippen LogP contribution in [0.3, 0.4) is 0 Å². The molecule has 2 heterocycles. The van der Waals surface area contributed by atoms with E-state index in [1.54, 1.807) is 36.7 Å². The van der Waals surface area contributed by atoms with Gasteiger partial charge in [-0.25, -0.2) is 5.48 Å². The number of nitrogens with zero attached hydrogens (tertiary/aromatic N) is 2. The van der Waals surface area contributed by atoms with Crippen LogP contribution in [0.15, 0.2) is 54.6 Å². The summed E-state index contributed by atoms with van der Waals surface area (Å²) in [5.74, 6) is 5.05. The minimum absolute atomic E-state index is 0.295. The zero-order valence-electron chi connectivity index (χ0n) is 19.7. The third-order valence-corrected chi connectivity index (χ3v) is 6.08. The first-order chi connectivity index (χ1) is 17.0. The van der Waals surface area contributed by atoms with Crippen molar-refractivity contribution in [1.29, 1.82) is 0 Å². The fraction of sp³-hybridized carbons (Fsp3) is 0.296. The maximum atomic E-state index is 12.9. The Kier molecular flexibility index (Phi) is 7.60. The molecule has 0 unspecified atom stereocenters. The van der Waals surface area contributed by atoms with Gasteiger partial charge in [-0.1, -0.05) is 24.1 Å². The number of carbonyl (C=O) groups excluding carboxylic acids is 2. The molecule has 8 heteroatoms. The molecule has 2 amide bonds. The molecule has 4 rings (SSSR count). The second kappa shape index (κ2) is 11.0. The molecule has 2 aromatic carbocycles. The smallest absolute Gasteiger partial charge is 0.251 e. The van der Waals surface area contributed by atoms with Gasteiger partial charge in [-0.3, -0.25) is 24.7 Å². The number of nitrogens with one attached hydrogen (secondary N) is 2. The topological polar surface area (TPSA) is 104 Å². The third kappa shape index (κ3) is 5.77. The molecule has 35 heavy (non-hydrogen) atoms. The van der Waals surface area contributed by atoms with Crippen LogP contribution in [0.25, 0.3) is 10.9 Å². The van der Waals surface area contributed by atoms with E-state index in [1.165, 1.54) is 0 Å². The number of carbonyl (C=O) groups is 2. The molecule has 1 aliphatic rings. The number of rotatable bonds is 7. The Morgan fingerprint density at radius 1 is 1.17 bits per heavy atom. The van der Waals surface area contributed by atoms with E-state index in [0.29, 0.717) is 37.6 Å². The molecule has 0 spiro atoms. The summed E-state index contributed by atoms with van der Waals surface area (Å²) in [6, 6.07) is 16.4. The second-order valence-electron chi connectivity index (χ2n) is 8.54. The molecule has 3 N–H and O–H groups in total. The summed E-state index contributed by atoms with van der Waals surface area (Å²) in [6.45, 7) is 5.46. The monoisotopic (exact) mass is 472 g/mol. The van der Waals surface area contributed by atoms with Gasteiger partial charge in [0.2, 0.25) is 5.91 Å². The van der Waals surface area contributed by atoms with Gasteiger partial charge in [-0.05, 0) is 50.2 Å². The predicted octanol–water partition coefficient (Wildman–Crippen LogP) is 2.68. The lowest BCUT2D eigenvalue weighted by molar-refractivity contribution is -0.133. The number of hydroxylamine groups is 1. The van der Waals surface area contributed by atoms with Crippen molar-refractivity contribution in [2.24, 2.45) is 5.92 Å². The van der Waals surface area contributed by atoms with E-state index in [2.05, 4.69) is 22.1 Å². The molecule has 8 nitrogen and oxygen atoms in total. The van der Waals surface area contributed by atoms with Crippen LogP contribution < -0.4 is 15.5 Å². The van der Waals surface area contributed by atoms with E-state index < -0.39 is 17.9 Å². The number of hydrogen-bond donors (Lipinski definition) is 3. The largest absolute Gasteiger partial charge is 0.489 e. The number of pyridine rings is 1. The van der Waals surface area contributed by atoms with Gasteiger partial charge < -0.3 is 10.1 Å². The normalized spacial score (nSPS) is 17.5. The van der Waals surface area contributed by atoms with E-state index >= 15 is 0 Å². The average Bonchev–Trinajstić information content (AvgIpc) is 3.28. The van der Waals surface area contributed by atoms with Crippen molar-refractivity contribution < 1.29 is 19.5 Å². The molecule has 1 aromatic heterocycles. The van der Waals surface area contributed by atoms with Crippen molar-refractivity contribution in [2.75, 3.05) is 19.6 Å². The highest BCUT2D eigenvalue weighted by atomic mass is 16.5. The number of fused-ring (bicyclic) bond motifs is 1. The number of benzene rings is 2. The molecule has 0 saturated carbocycles. The second-order valence-corrected chi connectivity index (χ2v) is 8.54. The number of para-hydroxylation sites is 1. The van der Waals surface area contributed by atoms with Gasteiger partial charge in [0, 0.05) is 35.3 Å². The van der Waals surface area contributed by atoms with E-state index in [0.717, 1.165) is 22.2 Å². The minimum Gasteiger partial charge on any atom is -0.489 e. The zero-order valence-corrected chi connectivity index (χ0v) is 19.7. The van der Waals surface area contributed by atoms with Crippen LogP contribution in [-0.2, 0) is 11.4 Å². The SMILES string of the molecule is CC#CCN1C[C@H](C(=O)NO)[C@H](NC(=O)c2ccc(OCc3cc(C)nc4ccccc34)cc2)C1. The summed E-state index contributed by atoms with van der Waals surface area (Å²) in [7, 11) is 0. The van der Waals surface area contributed by atoms with Crippen molar-refractivity contribution in [3.63, 3.8) is 0 Å². The summed E-state index contributed by atoms with van der Waals surface area (Å²) in [6.07, 6.45) is 0. The summed E-state index contributed by atoms with van der Waals surface area (Å²) < 4.78 is 5.98. The lowest BCUT2D eigenvalue weighted by atomic mass is 10.0. The Balaban J connectivity index is 1.40. The standard InChI is InChI=1S/C27H28N4O4/c1-3-4-13-31-15-23(27(33)30-34)25(16-31)29-26(32)19-9-11-21(12-10-19)35-17-20-14-18(2)28-24-8-6-5-7-22(20)24/h5-12,14,23,25,34H,13,15-17H2,1-2H3,(H,29,32)(H,30,33)/t23-,25+/m0/s1. The molecule has 2 atom stereocenters. The highest BCUT2D eigenvalue weighted by molar-refractivity contribution is 5.95. The maximum absolute atomic E-state index is 12.9. The lowest BCUT2D eigenvalue weighted by Gasteiger charge is -2.18. The van der Waals surface area contributed by atoms with Crippen LogP contribution in [-0.4, -0.2) is 52.6 Å². The average molecular weight is 473 g/mol. The summed E-state index contributed by atoms with van der Waals surface area (Å²) in [5, 5.41) is 13.1. The van der Waals surface area contributed by atoms with E-state index in [1.807, 2.05) is 42.2 Å². The fourth-order valence-electron chi connectivity index (χ4n) is 4.33. The molecule has 1 aliphatic heterocycles. The molecule has 1 saturated heterocycles. The Bertz CT molecular complexity index is 1280. The first-order valence-electron chi connectivity index (χ1n) is 11.4. The van der Waals surface area contributed by atoms with Crippen LogP contribution >= 0.6 is 0 Å². The van der Waals surface area contributed by atoms with Crippen molar-refractivity contribution in [2.45, 2.75) is 26.5 Å². The molecule has 0 aliphatic carbocycles. The predicted molar refractivity (Wildman–Crippen MR) is 132 cm³/mol. The third-order valence-electron chi connectivity index (χ3n) is 6.08. The first kappa shape index (κ1) is 24.2. The maximum Gasteiger partial charge on any atom is 0.251 e. The quantitative estimate of drug-likeness (QED) is 0.278. The van der Waals surface area contributed by atoms with Gasteiger partial charge in [0.25, 0.3) is 5.91 Å². The Labute approximate surface area is 204 Å². The van der Waals surface area contributed by atoms with Gasteiger partial charge >= 0.3 is 0 Å². The van der Waals surface area contributed by atoms with Crippen molar-refractivity contribution in [1.82, 2.24) is 20.7 Å². The van der Waals surface area contributed by atoms with E-state index in [4.69, 9.17) is 9.94 Å². The molecule has 180 valence electrons. The van der Waals surface area contributed by atoms with Gasteiger partial charge in [-0.2, -0.15) is 0 Å². The number of likely N-dealkylation sites (tertiary alicyclic amines) is 1. The van der Waals surface area contributed by atoms with Crippen molar-refractivity contribution >= 4 is 22.7 Å². The van der Waals surface area contributed by atoms with Crippen LogP contribution in [0.1, 0.15) is 28.5 Å². The van der Waals surface area contributed by atoms with E-state index in [9.17, 15) is 9.59 Å². The number of ether oxygens (including phenoxy) is 1. The van der Waals surface area contributed by atoms with Crippen molar-refractivity contribution in [3.8, 4) is 17.6 Å². The summed E-state index contributed by atoms with van der Waals surface area (Å²) >= 11 is 0. The minimum atomic E-state index is -0.566. The molecular weight excluding hydrogens is 444 g/mol. The molecular formula is C27H28N4O4. The molecule has 0 bridgehead atoms. The van der Waals surface area contributed by atoms with Crippen LogP contribution in [0.2, 0.25) is 0 Å². The van der Waals surface area contributed by atoms with Gasteiger partial charge in [-0.15, -0.1) is 5.92 Å². The number of aromatic nitrogens is 1. The lowest BCUT2D eigenvalue weighted by Crippen LogP contribution is -2.45. The highest BCUT2D eigenvalue weighted by Crippen LogP contribution is 2.22. The Hall–Kier alpha value is -3.93. The van der Waals surface area contributed by atoms with Gasteiger partial charge in [0.15, 0.2) is 0 Å². The molecule has 0 radical (unpaired) electrons. The molecule has 3 aromatic rings. The van der Waals surface area contributed by atoms with Crippen LogP contribution in [0.5, 0.6) is 5.75 Å². The zero-order chi connectivity index (χ0) is 24.8. The Morgan fingerprint density at radius 2 is 1.94 bits per heavy atom. The highest BCUT2D eigenvalue weighted by Gasteiger charge is 2.38. The number of amides is 2. The fourth-order valence-corrected chi connectivity index (χ4v) is 4.33. The van der Waals surface area contributed by atoms with Gasteiger partial charge in [0.05, 0.1) is 24.0 Å². The number of hydrogen-bond acceptors (Lipinski definition) is 6. The first-order valence-corrected chi connectivity index (χ1v) is 11.4. The van der Waals surface area contributed by atoms with Crippen LogP contribution in [0.4, 0.5) is 0 Å². The van der Waals surface area contributed by atoms with E-state index in [-0.39, 0.29) is 5.91 Å². The Morgan fingerprint density at radius 3 is 2.69 bits per heavy atom. The summed E-state index contributed by atoms with van der Waals surface area (Å²) in [5.41, 5.74) is 5.06.